The molecule has 1 aromatic carbocycles. The van der Waals surface area contributed by atoms with Crippen LogP contribution in [0.2, 0.25) is 0 Å². The van der Waals surface area contributed by atoms with Crippen LogP contribution in [0.3, 0.4) is 0 Å². The van der Waals surface area contributed by atoms with Crippen molar-refractivity contribution >= 4 is 29.4 Å². The Hall–Kier alpha value is -2.90. The Morgan fingerprint density at radius 2 is 1.87 bits per heavy atom. The Bertz CT molecular complexity index is 793. The second-order valence-corrected chi connectivity index (χ2v) is 7.88. The van der Waals surface area contributed by atoms with Gasteiger partial charge >= 0.3 is 5.97 Å². The van der Waals surface area contributed by atoms with E-state index < -0.39 is 24.4 Å². The van der Waals surface area contributed by atoms with Gasteiger partial charge in [-0.2, -0.15) is 0 Å². The summed E-state index contributed by atoms with van der Waals surface area (Å²) in [5.41, 5.74) is 1.89. The second-order valence-electron chi connectivity index (χ2n) is 7.88. The summed E-state index contributed by atoms with van der Waals surface area (Å²) >= 11 is 0. The van der Waals surface area contributed by atoms with Crippen molar-refractivity contribution in [3.63, 3.8) is 0 Å². The summed E-state index contributed by atoms with van der Waals surface area (Å²) < 4.78 is 5.07. The van der Waals surface area contributed by atoms with Crippen LogP contribution in [0, 0.1) is 5.92 Å². The van der Waals surface area contributed by atoms with Crippen LogP contribution in [0.25, 0.3) is 0 Å². The van der Waals surface area contributed by atoms with Crippen molar-refractivity contribution in [3.8, 4) is 0 Å². The van der Waals surface area contributed by atoms with Crippen molar-refractivity contribution in [3.05, 3.63) is 29.8 Å². The van der Waals surface area contributed by atoms with Crippen molar-refractivity contribution in [2.24, 2.45) is 5.92 Å². The number of ether oxygens (including phenoxy) is 1. The number of hydrogen-bond acceptors (Lipinski definition) is 5. The van der Waals surface area contributed by atoms with E-state index in [2.05, 4.69) is 24.5 Å². The first-order valence-corrected chi connectivity index (χ1v) is 10.3. The first kappa shape index (κ1) is 23.4. The lowest BCUT2D eigenvalue weighted by Crippen LogP contribution is -2.41. The third-order valence-electron chi connectivity index (χ3n) is 5.07. The lowest BCUT2D eigenvalue weighted by atomic mass is 9.96. The summed E-state index contributed by atoms with van der Waals surface area (Å²) in [7, 11) is 0. The molecule has 1 aliphatic heterocycles. The SMILES string of the molecule is CC[C@@H](C)c1ccccc1N1C[C@H](C(=O)OCC(=O)NCC(=O)NC(C)C)CC1=O. The Morgan fingerprint density at radius 1 is 1.17 bits per heavy atom. The molecule has 2 rings (SSSR count). The normalized spacial score (nSPS) is 17.0. The lowest BCUT2D eigenvalue weighted by Gasteiger charge is -2.23. The molecule has 1 fully saturated rings. The molecular formula is C22H31N3O5. The minimum absolute atomic E-state index is 0.0273. The third kappa shape index (κ3) is 6.30. The number of para-hydroxylation sites is 1. The van der Waals surface area contributed by atoms with Gasteiger partial charge in [0.25, 0.3) is 5.91 Å². The largest absolute Gasteiger partial charge is 0.455 e. The molecule has 1 aliphatic rings. The van der Waals surface area contributed by atoms with Gasteiger partial charge in [-0.25, -0.2) is 0 Å². The monoisotopic (exact) mass is 417 g/mol. The van der Waals surface area contributed by atoms with Crippen LogP contribution in [0.5, 0.6) is 0 Å². The number of anilines is 1. The van der Waals surface area contributed by atoms with Gasteiger partial charge in [0.1, 0.15) is 0 Å². The Morgan fingerprint density at radius 3 is 2.53 bits per heavy atom. The fourth-order valence-electron chi connectivity index (χ4n) is 3.33. The molecule has 8 heteroatoms. The number of esters is 1. The highest BCUT2D eigenvalue weighted by molar-refractivity contribution is 6.00. The Kier molecular flexibility index (Phi) is 8.38. The zero-order chi connectivity index (χ0) is 22.3. The van der Waals surface area contributed by atoms with E-state index in [4.69, 9.17) is 4.74 Å². The number of amides is 3. The van der Waals surface area contributed by atoms with Crippen LogP contribution >= 0.6 is 0 Å². The van der Waals surface area contributed by atoms with Crippen LogP contribution in [-0.2, 0) is 23.9 Å². The number of carbonyl (C=O) groups excluding carboxylic acids is 4. The molecule has 0 spiro atoms. The van der Waals surface area contributed by atoms with Crippen LogP contribution in [0.1, 0.15) is 52.0 Å². The molecule has 0 aliphatic carbocycles. The summed E-state index contributed by atoms with van der Waals surface area (Å²) in [6.07, 6.45) is 0.987. The highest BCUT2D eigenvalue weighted by Gasteiger charge is 2.37. The van der Waals surface area contributed by atoms with Crippen molar-refractivity contribution in [2.45, 2.75) is 52.5 Å². The molecule has 0 aromatic heterocycles. The maximum Gasteiger partial charge on any atom is 0.311 e. The van der Waals surface area contributed by atoms with Crippen molar-refractivity contribution < 1.29 is 23.9 Å². The number of nitrogens with one attached hydrogen (secondary N) is 2. The average Bonchev–Trinajstić information content (AvgIpc) is 3.11. The maximum atomic E-state index is 12.6. The molecule has 0 bridgehead atoms. The number of benzene rings is 1. The third-order valence-corrected chi connectivity index (χ3v) is 5.07. The molecule has 164 valence electrons. The molecule has 1 saturated heterocycles. The molecular weight excluding hydrogens is 386 g/mol. The van der Waals surface area contributed by atoms with E-state index in [-0.39, 0.29) is 43.3 Å². The minimum atomic E-state index is -0.625. The fraction of sp³-hybridized carbons (Fsp3) is 0.545. The Balaban J connectivity index is 1.89. The molecule has 0 unspecified atom stereocenters. The van der Waals surface area contributed by atoms with Gasteiger partial charge in [0.2, 0.25) is 11.8 Å². The number of hydrogen-bond donors (Lipinski definition) is 2. The van der Waals surface area contributed by atoms with Crippen LogP contribution in [0.4, 0.5) is 5.69 Å². The zero-order valence-corrected chi connectivity index (χ0v) is 18.1. The van der Waals surface area contributed by atoms with E-state index in [0.29, 0.717) is 0 Å². The fourth-order valence-corrected chi connectivity index (χ4v) is 3.33. The molecule has 2 atom stereocenters. The van der Waals surface area contributed by atoms with Gasteiger partial charge in [0.05, 0.1) is 12.5 Å². The van der Waals surface area contributed by atoms with E-state index in [0.717, 1.165) is 17.7 Å². The van der Waals surface area contributed by atoms with E-state index in [1.165, 1.54) is 0 Å². The molecule has 8 nitrogen and oxygen atoms in total. The molecule has 2 N–H and O–H groups in total. The van der Waals surface area contributed by atoms with Crippen molar-refractivity contribution in [2.75, 3.05) is 24.6 Å². The summed E-state index contributed by atoms with van der Waals surface area (Å²) in [5, 5.41) is 5.04. The van der Waals surface area contributed by atoms with E-state index >= 15 is 0 Å². The highest BCUT2D eigenvalue weighted by atomic mass is 16.5. The van der Waals surface area contributed by atoms with Crippen LogP contribution in [0.15, 0.2) is 24.3 Å². The highest BCUT2D eigenvalue weighted by Crippen LogP contribution is 2.33. The molecule has 30 heavy (non-hydrogen) atoms. The van der Waals surface area contributed by atoms with Crippen LogP contribution in [-0.4, -0.2) is 49.4 Å². The Labute approximate surface area is 177 Å². The minimum Gasteiger partial charge on any atom is -0.455 e. The molecule has 0 saturated carbocycles. The van der Waals surface area contributed by atoms with Gasteiger partial charge in [0, 0.05) is 24.7 Å². The first-order chi connectivity index (χ1) is 14.2. The van der Waals surface area contributed by atoms with Crippen molar-refractivity contribution in [1.82, 2.24) is 10.6 Å². The van der Waals surface area contributed by atoms with Gasteiger partial charge in [-0.1, -0.05) is 32.0 Å². The van der Waals surface area contributed by atoms with Gasteiger partial charge in [-0.15, -0.1) is 0 Å². The van der Waals surface area contributed by atoms with Crippen LogP contribution < -0.4 is 15.5 Å². The molecule has 1 aromatic rings. The predicted octanol–water partition coefficient (Wildman–Crippen LogP) is 1.74. The smallest absolute Gasteiger partial charge is 0.311 e. The van der Waals surface area contributed by atoms with Gasteiger partial charge in [0.15, 0.2) is 6.61 Å². The summed E-state index contributed by atoms with van der Waals surface area (Å²) in [6, 6.07) is 7.68. The van der Waals surface area contributed by atoms with Crippen molar-refractivity contribution in [1.29, 1.82) is 0 Å². The van der Waals surface area contributed by atoms with Gasteiger partial charge in [-0.05, 0) is 37.8 Å². The number of rotatable bonds is 9. The molecule has 0 radical (unpaired) electrons. The predicted molar refractivity (Wildman–Crippen MR) is 113 cm³/mol. The lowest BCUT2D eigenvalue weighted by molar-refractivity contribution is -0.152. The van der Waals surface area contributed by atoms with E-state index in [1.807, 2.05) is 38.1 Å². The average molecular weight is 418 g/mol. The second kappa shape index (κ2) is 10.8. The quantitative estimate of drug-likeness (QED) is 0.596. The number of carbonyl (C=O) groups is 4. The summed E-state index contributed by atoms with van der Waals surface area (Å²) in [5.74, 6) is -1.94. The van der Waals surface area contributed by atoms with Gasteiger partial charge in [-0.3, -0.25) is 19.2 Å². The molecule has 3 amide bonds. The maximum absolute atomic E-state index is 12.6. The summed E-state index contributed by atoms with van der Waals surface area (Å²) in [6.45, 7) is 7.38. The first-order valence-electron chi connectivity index (χ1n) is 10.3. The van der Waals surface area contributed by atoms with E-state index in [9.17, 15) is 19.2 Å². The van der Waals surface area contributed by atoms with Gasteiger partial charge < -0.3 is 20.3 Å². The zero-order valence-electron chi connectivity index (χ0n) is 18.1. The molecule has 1 heterocycles. The topological polar surface area (TPSA) is 105 Å². The summed E-state index contributed by atoms with van der Waals surface area (Å²) in [4.78, 5) is 49.9. The standard InChI is InChI=1S/C22H31N3O5/c1-5-15(4)17-8-6-7-9-18(17)25-12-16(10-21(25)28)22(29)30-13-20(27)23-11-19(26)24-14(2)3/h6-9,14-16H,5,10-13H2,1-4H3,(H,23,27)(H,24,26)/t15-,16-/m1/s1. The number of nitrogens with zero attached hydrogens (tertiary/aromatic N) is 1. The van der Waals surface area contributed by atoms with E-state index in [1.54, 1.807) is 4.90 Å².